The predicted molar refractivity (Wildman–Crippen MR) is 61.4 cm³/mol. The van der Waals surface area contributed by atoms with Gasteiger partial charge in [-0.3, -0.25) is 14.9 Å². The topological polar surface area (TPSA) is 75.3 Å². The van der Waals surface area contributed by atoms with Crippen LogP contribution in [-0.4, -0.2) is 17.7 Å². The van der Waals surface area contributed by atoms with Crippen molar-refractivity contribution < 1.29 is 18.8 Å². The van der Waals surface area contributed by atoms with Crippen LogP contribution in [0.4, 0.5) is 9.18 Å². The summed E-state index contributed by atoms with van der Waals surface area (Å²) in [5, 5.41) is 4.48. The van der Waals surface area contributed by atoms with E-state index in [0.717, 1.165) is 6.07 Å². The van der Waals surface area contributed by atoms with E-state index in [1.807, 2.05) is 0 Å². The second-order valence-corrected chi connectivity index (χ2v) is 5.08. The summed E-state index contributed by atoms with van der Waals surface area (Å²) in [6, 6.07) is 1.76. The van der Waals surface area contributed by atoms with Gasteiger partial charge >= 0.3 is 6.03 Å². The average molecular weight is 313 g/mol. The van der Waals surface area contributed by atoms with Crippen LogP contribution in [0.1, 0.15) is 22.3 Å². The number of halogens is 2. The predicted octanol–water partition coefficient (Wildman–Crippen LogP) is 1.21. The van der Waals surface area contributed by atoms with Gasteiger partial charge in [0.25, 0.3) is 5.91 Å². The fourth-order valence-corrected chi connectivity index (χ4v) is 2.71. The number of rotatable bonds is 0. The van der Waals surface area contributed by atoms with Gasteiger partial charge in [-0.2, -0.15) is 0 Å². The zero-order valence-corrected chi connectivity index (χ0v) is 10.4. The van der Waals surface area contributed by atoms with Gasteiger partial charge in [-0.15, -0.1) is 0 Å². The van der Waals surface area contributed by atoms with E-state index >= 15 is 0 Å². The molecule has 0 aromatic heterocycles. The minimum Gasteiger partial charge on any atom is -0.319 e. The molecule has 0 radical (unpaired) electrons. The fourth-order valence-electron chi connectivity index (χ4n) is 2.37. The van der Waals surface area contributed by atoms with Gasteiger partial charge in [0.2, 0.25) is 0 Å². The molecule has 3 rings (SSSR count). The largest absolute Gasteiger partial charge is 0.322 e. The van der Waals surface area contributed by atoms with Crippen LogP contribution in [0.3, 0.4) is 0 Å². The number of urea groups is 1. The molecule has 1 spiro atoms. The van der Waals surface area contributed by atoms with Crippen molar-refractivity contribution in [2.45, 2.75) is 12.0 Å². The van der Waals surface area contributed by atoms with Crippen LogP contribution < -0.4 is 10.6 Å². The van der Waals surface area contributed by atoms with Gasteiger partial charge in [0, 0.05) is 17.5 Å². The third-order valence-electron chi connectivity index (χ3n) is 3.19. The highest BCUT2D eigenvalue weighted by atomic mass is 79.9. The molecule has 18 heavy (non-hydrogen) atoms. The number of nitrogens with one attached hydrogen (secondary N) is 2. The summed E-state index contributed by atoms with van der Waals surface area (Å²) < 4.78 is 13.7. The van der Waals surface area contributed by atoms with Gasteiger partial charge in [-0.25, -0.2) is 9.18 Å². The number of hydrogen-bond acceptors (Lipinski definition) is 3. The Kier molecular flexibility index (Phi) is 2.13. The van der Waals surface area contributed by atoms with E-state index in [0.29, 0.717) is 0 Å². The molecular weight excluding hydrogens is 307 g/mol. The van der Waals surface area contributed by atoms with E-state index in [1.54, 1.807) is 0 Å². The SMILES string of the molecule is O=C1NC(=O)[C@@]2(CC(=O)c3cc(Br)c(F)cc32)N1. The first kappa shape index (κ1) is 11.3. The Morgan fingerprint density at radius 3 is 2.61 bits per heavy atom. The number of fused-ring (bicyclic) bond motifs is 2. The highest BCUT2D eigenvalue weighted by molar-refractivity contribution is 9.10. The smallest absolute Gasteiger partial charge is 0.319 e. The van der Waals surface area contributed by atoms with Gasteiger partial charge in [-0.1, -0.05) is 0 Å². The first-order chi connectivity index (χ1) is 8.44. The van der Waals surface area contributed by atoms with E-state index in [2.05, 4.69) is 26.6 Å². The van der Waals surface area contributed by atoms with E-state index in [1.165, 1.54) is 6.07 Å². The van der Waals surface area contributed by atoms with Crippen LogP contribution in [0.15, 0.2) is 16.6 Å². The first-order valence-electron chi connectivity index (χ1n) is 5.10. The van der Waals surface area contributed by atoms with Crippen molar-refractivity contribution >= 4 is 33.7 Å². The number of amides is 3. The first-order valence-corrected chi connectivity index (χ1v) is 5.90. The summed E-state index contributed by atoms with van der Waals surface area (Å²) in [6.07, 6.45) is -0.185. The summed E-state index contributed by atoms with van der Waals surface area (Å²) in [5.41, 5.74) is -0.998. The summed E-state index contributed by atoms with van der Waals surface area (Å²) in [5.74, 6) is -1.51. The van der Waals surface area contributed by atoms with Crippen molar-refractivity contribution in [3.05, 3.63) is 33.5 Å². The van der Waals surface area contributed by atoms with Crippen molar-refractivity contribution in [3.8, 4) is 0 Å². The van der Waals surface area contributed by atoms with Crippen molar-refractivity contribution in [3.63, 3.8) is 0 Å². The molecule has 2 aliphatic rings. The van der Waals surface area contributed by atoms with Crippen molar-refractivity contribution in [1.29, 1.82) is 0 Å². The molecule has 1 aliphatic heterocycles. The Hall–Kier alpha value is -1.76. The quantitative estimate of drug-likeness (QED) is 0.707. The third-order valence-corrected chi connectivity index (χ3v) is 3.80. The minimum absolute atomic E-state index is 0.149. The van der Waals surface area contributed by atoms with E-state index < -0.39 is 23.3 Å². The molecular formula is C11H6BrFN2O3. The van der Waals surface area contributed by atoms with Crippen LogP contribution in [-0.2, 0) is 10.3 Å². The minimum atomic E-state index is -1.45. The summed E-state index contributed by atoms with van der Waals surface area (Å²) in [4.78, 5) is 34.9. The van der Waals surface area contributed by atoms with E-state index in [4.69, 9.17) is 0 Å². The monoisotopic (exact) mass is 312 g/mol. The Morgan fingerprint density at radius 1 is 1.28 bits per heavy atom. The molecule has 1 aliphatic carbocycles. The number of Topliss-reactive ketones (excluding diaryl/α,β-unsaturated/α-hetero) is 1. The average Bonchev–Trinajstić information content (AvgIpc) is 2.70. The third kappa shape index (κ3) is 1.28. The van der Waals surface area contributed by atoms with Crippen LogP contribution in [0.5, 0.6) is 0 Å². The second kappa shape index (κ2) is 3.38. The number of hydrogen-bond donors (Lipinski definition) is 2. The van der Waals surface area contributed by atoms with Crippen LogP contribution in [0, 0.1) is 5.82 Å². The molecule has 1 aromatic carbocycles. The number of benzene rings is 1. The summed E-state index contributed by atoms with van der Waals surface area (Å²) in [7, 11) is 0. The van der Waals surface area contributed by atoms with E-state index in [-0.39, 0.29) is 27.8 Å². The molecule has 0 unspecified atom stereocenters. The van der Waals surface area contributed by atoms with Gasteiger partial charge in [0.05, 0.1) is 4.47 Å². The Morgan fingerprint density at radius 2 is 2.00 bits per heavy atom. The van der Waals surface area contributed by atoms with Gasteiger partial charge in [-0.05, 0) is 28.1 Å². The Labute approximate surface area is 109 Å². The van der Waals surface area contributed by atoms with Crippen molar-refractivity contribution in [2.75, 3.05) is 0 Å². The Bertz CT molecular complexity index is 631. The maximum Gasteiger partial charge on any atom is 0.322 e. The lowest BCUT2D eigenvalue weighted by Gasteiger charge is -2.20. The molecule has 0 saturated carbocycles. The molecule has 1 aromatic rings. The Balaban J connectivity index is 2.26. The standard InChI is InChI=1S/C11H6BrFN2O3/c12-6-1-4-5(2-7(6)13)11(3-8(4)16)9(17)14-10(18)15-11/h1-2H,3H2,(H2,14,15,17,18)/t11-/m0/s1. The zero-order valence-electron chi connectivity index (χ0n) is 8.84. The molecule has 2 N–H and O–H groups in total. The molecule has 7 heteroatoms. The van der Waals surface area contributed by atoms with Gasteiger partial charge in [0.1, 0.15) is 5.82 Å². The molecule has 5 nitrogen and oxygen atoms in total. The van der Waals surface area contributed by atoms with E-state index in [9.17, 15) is 18.8 Å². The lowest BCUT2D eigenvalue weighted by molar-refractivity contribution is -0.124. The molecule has 92 valence electrons. The van der Waals surface area contributed by atoms with Crippen LogP contribution >= 0.6 is 15.9 Å². The zero-order chi connectivity index (χ0) is 13.1. The normalized spacial score (nSPS) is 25.3. The lowest BCUT2D eigenvalue weighted by atomic mass is 9.92. The summed E-state index contributed by atoms with van der Waals surface area (Å²) >= 11 is 2.99. The maximum atomic E-state index is 13.6. The lowest BCUT2D eigenvalue weighted by Crippen LogP contribution is -2.42. The number of ketones is 1. The van der Waals surface area contributed by atoms with Gasteiger partial charge in [0.15, 0.2) is 11.3 Å². The maximum absolute atomic E-state index is 13.6. The molecule has 1 saturated heterocycles. The summed E-state index contributed by atoms with van der Waals surface area (Å²) in [6.45, 7) is 0. The highest BCUT2D eigenvalue weighted by Gasteiger charge is 2.54. The fraction of sp³-hybridized carbons (Fsp3) is 0.182. The molecule has 1 atom stereocenters. The van der Waals surface area contributed by atoms with Gasteiger partial charge < -0.3 is 5.32 Å². The molecule has 1 fully saturated rings. The number of carbonyl (C=O) groups is 3. The molecule has 1 heterocycles. The van der Waals surface area contributed by atoms with Crippen LogP contribution in [0.25, 0.3) is 0 Å². The molecule has 3 amide bonds. The second-order valence-electron chi connectivity index (χ2n) is 4.23. The number of imide groups is 1. The number of carbonyl (C=O) groups excluding carboxylic acids is 3. The highest BCUT2D eigenvalue weighted by Crippen LogP contribution is 2.40. The molecule has 0 bridgehead atoms. The van der Waals surface area contributed by atoms with Crippen LogP contribution in [0.2, 0.25) is 0 Å². The van der Waals surface area contributed by atoms with Crippen molar-refractivity contribution in [1.82, 2.24) is 10.6 Å². The van der Waals surface area contributed by atoms with Crippen molar-refractivity contribution in [2.24, 2.45) is 0 Å².